The Kier molecular flexibility index (Phi) is 5.36. The fraction of sp³-hybridized carbons (Fsp3) is 0.263. The maximum absolute atomic E-state index is 12.4. The first-order valence-electron chi connectivity index (χ1n) is 8.57. The number of rotatable bonds is 5. The molecule has 0 bridgehead atoms. The van der Waals surface area contributed by atoms with E-state index in [1.54, 1.807) is 19.4 Å². The van der Waals surface area contributed by atoms with Crippen LogP contribution in [0, 0.1) is 10.7 Å². The maximum Gasteiger partial charge on any atom is 0.264 e. The van der Waals surface area contributed by atoms with Crippen LogP contribution in [0.3, 0.4) is 0 Å². The first-order valence-corrected chi connectivity index (χ1v) is 8.98. The van der Waals surface area contributed by atoms with Gasteiger partial charge in [0.25, 0.3) is 5.56 Å². The molecule has 0 unspecified atom stereocenters. The monoisotopic (exact) mass is 383 g/mol. The maximum atomic E-state index is 12.4. The summed E-state index contributed by atoms with van der Waals surface area (Å²) in [5.74, 6) is 0.0985. The quantitative estimate of drug-likeness (QED) is 0.461. The molecule has 27 heavy (non-hydrogen) atoms. The van der Waals surface area contributed by atoms with E-state index in [0.29, 0.717) is 17.9 Å². The van der Waals surface area contributed by atoms with E-state index in [4.69, 9.17) is 12.2 Å². The Morgan fingerprint density at radius 2 is 2.04 bits per heavy atom. The van der Waals surface area contributed by atoms with E-state index < -0.39 is 5.56 Å². The second kappa shape index (κ2) is 7.71. The minimum absolute atomic E-state index is 0.127. The SMILES string of the molecule is CC(=Nc1ccc(-c2cnc[nH]2)cc1)c1c(O)n(CC(C)C)c(=S)[nH]c1=O. The molecule has 0 fully saturated rings. The zero-order valence-corrected chi connectivity index (χ0v) is 16.2. The van der Waals surface area contributed by atoms with Crippen molar-refractivity contribution in [1.82, 2.24) is 19.5 Å². The minimum Gasteiger partial charge on any atom is -0.494 e. The summed E-state index contributed by atoms with van der Waals surface area (Å²) < 4.78 is 1.73. The summed E-state index contributed by atoms with van der Waals surface area (Å²) in [6.45, 7) is 6.21. The highest BCUT2D eigenvalue weighted by molar-refractivity contribution is 7.71. The molecule has 0 radical (unpaired) electrons. The second-order valence-corrected chi connectivity index (χ2v) is 7.06. The lowest BCUT2D eigenvalue weighted by Gasteiger charge is -2.14. The summed E-state index contributed by atoms with van der Waals surface area (Å²) in [6.07, 6.45) is 3.36. The van der Waals surface area contributed by atoms with Gasteiger partial charge in [-0.25, -0.2) is 4.98 Å². The Bertz CT molecular complexity index is 1080. The molecule has 3 aromatic rings. The molecule has 0 saturated carbocycles. The molecule has 3 rings (SSSR count). The smallest absolute Gasteiger partial charge is 0.264 e. The van der Waals surface area contributed by atoms with E-state index in [2.05, 4.69) is 19.9 Å². The molecule has 0 spiro atoms. The third-order valence-corrected chi connectivity index (χ3v) is 4.38. The average molecular weight is 383 g/mol. The minimum atomic E-state index is -0.451. The van der Waals surface area contributed by atoms with Crippen LogP contribution in [0.4, 0.5) is 5.69 Å². The predicted molar refractivity (Wildman–Crippen MR) is 108 cm³/mol. The molecule has 1 aromatic carbocycles. The van der Waals surface area contributed by atoms with Gasteiger partial charge in [-0.3, -0.25) is 19.3 Å². The van der Waals surface area contributed by atoms with E-state index in [-0.39, 0.29) is 22.1 Å². The van der Waals surface area contributed by atoms with E-state index in [9.17, 15) is 9.90 Å². The van der Waals surface area contributed by atoms with Gasteiger partial charge in [-0.15, -0.1) is 0 Å². The fourth-order valence-corrected chi connectivity index (χ4v) is 3.05. The van der Waals surface area contributed by atoms with E-state index in [0.717, 1.165) is 11.3 Å². The van der Waals surface area contributed by atoms with Gasteiger partial charge in [0.2, 0.25) is 5.88 Å². The molecular formula is C19H21N5O2S. The molecule has 0 aliphatic carbocycles. The second-order valence-electron chi connectivity index (χ2n) is 6.67. The Morgan fingerprint density at radius 3 is 2.63 bits per heavy atom. The van der Waals surface area contributed by atoms with Gasteiger partial charge in [0.1, 0.15) is 5.56 Å². The summed E-state index contributed by atoms with van der Waals surface area (Å²) in [4.78, 5) is 26.5. The van der Waals surface area contributed by atoms with Crippen LogP contribution in [0.5, 0.6) is 5.88 Å². The van der Waals surface area contributed by atoms with Gasteiger partial charge < -0.3 is 10.1 Å². The van der Waals surface area contributed by atoms with Gasteiger partial charge in [-0.2, -0.15) is 0 Å². The van der Waals surface area contributed by atoms with Crippen molar-refractivity contribution in [2.45, 2.75) is 27.3 Å². The van der Waals surface area contributed by atoms with Gasteiger partial charge in [0.05, 0.1) is 29.6 Å². The first kappa shape index (κ1) is 18.8. The Morgan fingerprint density at radius 1 is 1.33 bits per heavy atom. The van der Waals surface area contributed by atoms with Crippen LogP contribution in [-0.2, 0) is 6.54 Å². The van der Waals surface area contributed by atoms with E-state index >= 15 is 0 Å². The molecular weight excluding hydrogens is 362 g/mol. The van der Waals surface area contributed by atoms with Crippen molar-refractivity contribution in [2.75, 3.05) is 0 Å². The van der Waals surface area contributed by atoms with Crippen LogP contribution in [0.2, 0.25) is 0 Å². The predicted octanol–water partition coefficient (Wildman–Crippen LogP) is 3.80. The number of imidazole rings is 1. The van der Waals surface area contributed by atoms with Crippen LogP contribution in [0.25, 0.3) is 11.3 Å². The highest BCUT2D eigenvalue weighted by atomic mass is 32.1. The third-order valence-electron chi connectivity index (χ3n) is 4.05. The van der Waals surface area contributed by atoms with Gasteiger partial charge in [0, 0.05) is 6.54 Å². The normalized spacial score (nSPS) is 11.9. The number of nitrogens with zero attached hydrogens (tertiary/aromatic N) is 3. The van der Waals surface area contributed by atoms with Crippen molar-refractivity contribution in [3.63, 3.8) is 0 Å². The van der Waals surface area contributed by atoms with Gasteiger partial charge in [-0.1, -0.05) is 26.0 Å². The highest BCUT2D eigenvalue weighted by Crippen LogP contribution is 2.22. The first-order chi connectivity index (χ1) is 12.9. The highest BCUT2D eigenvalue weighted by Gasteiger charge is 2.16. The van der Waals surface area contributed by atoms with Gasteiger partial charge in [-0.05, 0) is 42.8 Å². The lowest BCUT2D eigenvalue weighted by Crippen LogP contribution is -2.22. The molecule has 0 aliphatic rings. The molecule has 140 valence electrons. The number of nitrogens with one attached hydrogen (secondary N) is 2. The number of aromatic hydroxyl groups is 1. The van der Waals surface area contributed by atoms with Crippen molar-refractivity contribution in [3.8, 4) is 17.1 Å². The van der Waals surface area contributed by atoms with Crippen LogP contribution >= 0.6 is 12.2 Å². The Labute approximate surface area is 161 Å². The topological polar surface area (TPSA) is 99.1 Å². The lowest BCUT2D eigenvalue weighted by molar-refractivity contribution is 0.380. The zero-order chi connectivity index (χ0) is 19.6. The van der Waals surface area contributed by atoms with Crippen LogP contribution in [-0.4, -0.2) is 30.3 Å². The van der Waals surface area contributed by atoms with E-state index in [1.807, 2.05) is 38.1 Å². The third kappa shape index (κ3) is 4.06. The molecule has 8 heteroatoms. The summed E-state index contributed by atoms with van der Waals surface area (Å²) in [5, 5.41) is 10.6. The number of benzene rings is 1. The van der Waals surface area contributed by atoms with Crippen molar-refractivity contribution >= 4 is 23.6 Å². The standard InChI is InChI=1S/C19H21N5O2S/c1-11(2)9-24-18(26)16(17(25)23-19(24)27)12(3)22-14-6-4-13(5-7-14)15-8-20-10-21-15/h4-8,10-11,26H,9H2,1-3H3,(H,20,21)(H,23,25,27). The van der Waals surface area contributed by atoms with Crippen molar-refractivity contribution in [3.05, 3.63) is 57.5 Å². The summed E-state index contributed by atoms with van der Waals surface area (Å²) in [6, 6.07) is 7.51. The van der Waals surface area contributed by atoms with E-state index in [1.165, 1.54) is 4.57 Å². The van der Waals surface area contributed by atoms with Crippen molar-refractivity contribution in [1.29, 1.82) is 0 Å². The van der Waals surface area contributed by atoms with Crippen LogP contribution in [0.1, 0.15) is 26.3 Å². The number of hydrogen-bond acceptors (Lipinski definition) is 5. The molecule has 0 atom stereocenters. The Balaban J connectivity index is 1.99. The summed E-state index contributed by atoms with van der Waals surface area (Å²) >= 11 is 5.17. The molecule has 0 aliphatic heterocycles. The summed E-state index contributed by atoms with van der Waals surface area (Å²) in [5.41, 5.74) is 2.65. The molecule has 0 saturated heterocycles. The molecule has 0 amide bonds. The lowest BCUT2D eigenvalue weighted by atomic mass is 10.1. The number of hydrogen-bond donors (Lipinski definition) is 3. The van der Waals surface area contributed by atoms with Crippen molar-refractivity contribution in [2.24, 2.45) is 10.9 Å². The molecule has 2 aromatic heterocycles. The number of aliphatic imine (C=N–C) groups is 1. The van der Waals surface area contributed by atoms with Crippen LogP contribution < -0.4 is 5.56 Å². The zero-order valence-electron chi connectivity index (χ0n) is 15.4. The number of H-pyrrole nitrogens is 2. The molecule has 2 heterocycles. The molecule has 3 N–H and O–H groups in total. The number of aromatic amines is 2. The summed E-state index contributed by atoms with van der Waals surface area (Å²) in [7, 11) is 0. The van der Waals surface area contributed by atoms with Crippen LogP contribution in [0.15, 0.2) is 46.6 Å². The van der Waals surface area contributed by atoms with Gasteiger partial charge in [0.15, 0.2) is 4.77 Å². The fourth-order valence-electron chi connectivity index (χ4n) is 2.80. The Hall–Kier alpha value is -3.00. The van der Waals surface area contributed by atoms with Crippen molar-refractivity contribution < 1.29 is 5.11 Å². The largest absolute Gasteiger partial charge is 0.494 e. The molecule has 7 nitrogen and oxygen atoms in total. The van der Waals surface area contributed by atoms with Gasteiger partial charge >= 0.3 is 0 Å². The number of aromatic nitrogens is 4. The average Bonchev–Trinajstić information content (AvgIpc) is 3.13.